The number of nitrogens with one attached hydrogen (secondary N) is 1. The summed E-state index contributed by atoms with van der Waals surface area (Å²) < 4.78 is 0. The minimum Gasteiger partial charge on any atom is -0.312 e. The predicted molar refractivity (Wildman–Crippen MR) is 87.2 cm³/mol. The highest BCUT2D eigenvalue weighted by atomic mass is 32.2. The van der Waals surface area contributed by atoms with Gasteiger partial charge in [-0.05, 0) is 45.5 Å². The molecule has 0 amide bonds. The number of aromatic nitrogens is 1. The van der Waals surface area contributed by atoms with Crippen LogP contribution in [0.15, 0.2) is 41.4 Å². The lowest BCUT2D eigenvalue weighted by Gasteiger charge is -2.10. The number of pyridine rings is 1. The van der Waals surface area contributed by atoms with Crippen LogP contribution in [0.25, 0.3) is 0 Å². The molecule has 2 rings (SSSR count). The first-order chi connectivity index (χ1) is 9.58. The third kappa shape index (κ3) is 4.09. The molecule has 2 nitrogen and oxygen atoms in total. The van der Waals surface area contributed by atoms with Gasteiger partial charge in [0.15, 0.2) is 0 Å². The maximum atomic E-state index is 4.51. The van der Waals surface area contributed by atoms with Crippen LogP contribution in [0.2, 0.25) is 0 Å². The molecule has 0 aliphatic carbocycles. The van der Waals surface area contributed by atoms with Crippen LogP contribution in [0.4, 0.5) is 0 Å². The van der Waals surface area contributed by atoms with Crippen LogP contribution >= 0.6 is 11.8 Å². The van der Waals surface area contributed by atoms with E-state index in [0.717, 1.165) is 11.4 Å². The number of hydrogen-bond donors (Lipinski definition) is 1. The molecule has 0 fully saturated rings. The summed E-state index contributed by atoms with van der Waals surface area (Å²) in [5.74, 6) is 0.991. The van der Waals surface area contributed by atoms with Crippen molar-refractivity contribution in [3.05, 3.63) is 58.9 Å². The van der Waals surface area contributed by atoms with Crippen molar-refractivity contribution < 1.29 is 0 Å². The molecule has 106 valence electrons. The second-order valence-corrected chi connectivity index (χ2v) is 6.26. The lowest BCUT2D eigenvalue weighted by atomic mass is 10.1. The van der Waals surface area contributed by atoms with Crippen LogP contribution in [-0.4, -0.2) is 12.0 Å². The van der Waals surface area contributed by atoms with Crippen molar-refractivity contribution >= 4 is 11.8 Å². The van der Waals surface area contributed by atoms with E-state index >= 15 is 0 Å². The molecule has 1 heterocycles. The van der Waals surface area contributed by atoms with E-state index < -0.39 is 0 Å². The number of rotatable bonds is 5. The standard InChI is InChI=1S/C17H22N2S/c1-12-7-13(2)9-15(8-12)11-20-16-5-6-17(19-10-16)14(3)18-4/h5-10,14,18H,11H2,1-4H3. The third-order valence-electron chi connectivity index (χ3n) is 3.32. The summed E-state index contributed by atoms with van der Waals surface area (Å²) >= 11 is 1.84. The van der Waals surface area contributed by atoms with E-state index in [4.69, 9.17) is 0 Å². The van der Waals surface area contributed by atoms with E-state index in [1.165, 1.54) is 21.6 Å². The summed E-state index contributed by atoms with van der Waals surface area (Å²) in [6.07, 6.45) is 1.97. The van der Waals surface area contributed by atoms with Gasteiger partial charge in [-0.2, -0.15) is 0 Å². The molecule has 1 atom stereocenters. The molecule has 0 spiro atoms. The molecular formula is C17H22N2S. The highest BCUT2D eigenvalue weighted by molar-refractivity contribution is 7.98. The van der Waals surface area contributed by atoms with Crippen molar-refractivity contribution in [1.82, 2.24) is 10.3 Å². The summed E-state index contributed by atoms with van der Waals surface area (Å²) in [4.78, 5) is 5.73. The topological polar surface area (TPSA) is 24.9 Å². The Morgan fingerprint density at radius 3 is 2.40 bits per heavy atom. The van der Waals surface area contributed by atoms with E-state index in [9.17, 15) is 0 Å². The van der Waals surface area contributed by atoms with E-state index in [-0.39, 0.29) is 0 Å². The fourth-order valence-corrected chi connectivity index (χ4v) is 2.99. The molecule has 0 bridgehead atoms. The maximum Gasteiger partial charge on any atom is 0.0571 e. The fourth-order valence-electron chi connectivity index (χ4n) is 2.20. The third-order valence-corrected chi connectivity index (χ3v) is 4.38. The fraction of sp³-hybridized carbons (Fsp3) is 0.353. The zero-order valence-electron chi connectivity index (χ0n) is 12.6. The first-order valence-corrected chi connectivity index (χ1v) is 7.90. The van der Waals surface area contributed by atoms with E-state index in [1.807, 2.05) is 25.0 Å². The van der Waals surface area contributed by atoms with Crippen molar-refractivity contribution in [3.8, 4) is 0 Å². The van der Waals surface area contributed by atoms with Crippen LogP contribution in [-0.2, 0) is 5.75 Å². The molecule has 3 heteroatoms. The molecule has 0 saturated heterocycles. The van der Waals surface area contributed by atoms with Crippen LogP contribution in [0.1, 0.15) is 35.3 Å². The Balaban J connectivity index is 2.00. The summed E-state index contributed by atoms with van der Waals surface area (Å²) in [5, 5.41) is 3.20. The van der Waals surface area contributed by atoms with Crippen molar-refractivity contribution in [2.75, 3.05) is 7.05 Å². The second-order valence-electron chi connectivity index (χ2n) is 5.21. The minimum absolute atomic E-state index is 0.300. The highest BCUT2D eigenvalue weighted by Crippen LogP contribution is 2.24. The number of aryl methyl sites for hydroxylation is 2. The summed E-state index contributed by atoms with van der Waals surface area (Å²) in [6, 6.07) is 11.3. The highest BCUT2D eigenvalue weighted by Gasteiger charge is 2.04. The monoisotopic (exact) mass is 286 g/mol. The van der Waals surface area contributed by atoms with E-state index in [1.54, 1.807) is 0 Å². The summed E-state index contributed by atoms with van der Waals surface area (Å²) in [7, 11) is 1.95. The van der Waals surface area contributed by atoms with Crippen LogP contribution in [0, 0.1) is 13.8 Å². The van der Waals surface area contributed by atoms with Gasteiger partial charge >= 0.3 is 0 Å². The van der Waals surface area contributed by atoms with Gasteiger partial charge in [0, 0.05) is 22.9 Å². The number of benzene rings is 1. The Labute approximate surface area is 126 Å². The largest absolute Gasteiger partial charge is 0.312 e. The SMILES string of the molecule is CNC(C)c1ccc(SCc2cc(C)cc(C)c2)cn1. The van der Waals surface area contributed by atoms with E-state index in [0.29, 0.717) is 6.04 Å². The van der Waals surface area contributed by atoms with Crippen LogP contribution < -0.4 is 5.32 Å². The van der Waals surface area contributed by atoms with E-state index in [2.05, 4.69) is 61.4 Å². The van der Waals surface area contributed by atoms with Gasteiger partial charge in [0.05, 0.1) is 5.69 Å². The lowest BCUT2D eigenvalue weighted by Crippen LogP contribution is -2.13. The molecular weight excluding hydrogens is 264 g/mol. The molecule has 0 aliphatic heterocycles. The maximum absolute atomic E-state index is 4.51. The molecule has 1 aromatic carbocycles. The van der Waals surface area contributed by atoms with Gasteiger partial charge in [0.25, 0.3) is 0 Å². The van der Waals surface area contributed by atoms with Gasteiger partial charge in [-0.3, -0.25) is 4.98 Å². The molecule has 20 heavy (non-hydrogen) atoms. The number of nitrogens with zero attached hydrogens (tertiary/aromatic N) is 1. The van der Waals surface area contributed by atoms with Gasteiger partial charge in [0.2, 0.25) is 0 Å². The van der Waals surface area contributed by atoms with Gasteiger partial charge in [0.1, 0.15) is 0 Å². The molecule has 1 aromatic heterocycles. The first-order valence-electron chi connectivity index (χ1n) is 6.91. The van der Waals surface area contributed by atoms with Gasteiger partial charge < -0.3 is 5.32 Å². The minimum atomic E-state index is 0.300. The number of thioether (sulfide) groups is 1. The molecule has 0 aliphatic rings. The second kappa shape index (κ2) is 6.91. The zero-order chi connectivity index (χ0) is 14.5. The normalized spacial score (nSPS) is 12.4. The Morgan fingerprint density at radius 1 is 1.15 bits per heavy atom. The van der Waals surface area contributed by atoms with Crippen molar-refractivity contribution in [1.29, 1.82) is 0 Å². The average molecular weight is 286 g/mol. The average Bonchev–Trinajstić information content (AvgIpc) is 2.44. The van der Waals surface area contributed by atoms with Crippen LogP contribution in [0.3, 0.4) is 0 Å². The molecule has 0 radical (unpaired) electrons. The van der Waals surface area contributed by atoms with Gasteiger partial charge in [-0.15, -0.1) is 11.8 Å². The van der Waals surface area contributed by atoms with Gasteiger partial charge in [-0.1, -0.05) is 29.3 Å². The smallest absolute Gasteiger partial charge is 0.0571 e. The first kappa shape index (κ1) is 15.1. The quantitative estimate of drug-likeness (QED) is 0.831. The Kier molecular flexibility index (Phi) is 5.21. The molecule has 1 unspecified atom stereocenters. The number of hydrogen-bond acceptors (Lipinski definition) is 3. The summed E-state index contributed by atoms with van der Waals surface area (Å²) in [5.41, 5.74) is 5.12. The van der Waals surface area contributed by atoms with Crippen molar-refractivity contribution in [3.63, 3.8) is 0 Å². The molecule has 1 N–H and O–H groups in total. The predicted octanol–water partition coefficient (Wildman–Crippen LogP) is 4.27. The Morgan fingerprint density at radius 2 is 1.85 bits per heavy atom. The zero-order valence-corrected chi connectivity index (χ0v) is 13.4. The Bertz CT molecular complexity index is 543. The summed E-state index contributed by atoms with van der Waals surface area (Å²) in [6.45, 7) is 6.41. The molecule has 2 aromatic rings. The van der Waals surface area contributed by atoms with Crippen LogP contribution in [0.5, 0.6) is 0 Å². The molecule has 0 saturated carbocycles. The Hall–Kier alpha value is -1.32. The van der Waals surface area contributed by atoms with Crippen molar-refractivity contribution in [2.45, 2.75) is 37.5 Å². The van der Waals surface area contributed by atoms with Gasteiger partial charge in [-0.25, -0.2) is 0 Å². The lowest BCUT2D eigenvalue weighted by molar-refractivity contribution is 0.631. The van der Waals surface area contributed by atoms with Crippen molar-refractivity contribution in [2.24, 2.45) is 0 Å².